The Labute approximate surface area is 137 Å². The van der Waals surface area contributed by atoms with Gasteiger partial charge in [0.1, 0.15) is 5.01 Å². The van der Waals surface area contributed by atoms with E-state index in [1.165, 1.54) is 6.20 Å². The SMILES string of the molecule is O=C(N[C@H]1CN(Cc2nccs2)[C@@H]2CCCO[C@H]12)c1ccno1. The van der Waals surface area contributed by atoms with Crippen molar-refractivity contribution in [2.45, 2.75) is 37.6 Å². The summed E-state index contributed by atoms with van der Waals surface area (Å²) in [7, 11) is 0. The lowest BCUT2D eigenvalue weighted by atomic mass is 10.0. The largest absolute Gasteiger partial charge is 0.374 e. The molecule has 2 aliphatic rings. The molecule has 2 fully saturated rings. The number of carbonyl (C=O) groups excluding carboxylic acids is 1. The molecule has 0 spiro atoms. The van der Waals surface area contributed by atoms with Gasteiger partial charge in [0.15, 0.2) is 0 Å². The van der Waals surface area contributed by atoms with Crippen LogP contribution in [-0.2, 0) is 11.3 Å². The van der Waals surface area contributed by atoms with Gasteiger partial charge < -0.3 is 14.6 Å². The topological polar surface area (TPSA) is 80.5 Å². The summed E-state index contributed by atoms with van der Waals surface area (Å²) >= 11 is 1.66. The molecule has 0 radical (unpaired) electrons. The number of thiazole rings is 1. The molecular weight excluding hydrogens is 316 g/mol. The summed E-state index contributed by atoms with van der Waals surface area (Å²) in [6, 6.07) is 1.85. The van der Waals surface area contributed by atoms with E-state index in [-0.39, 0.29) is 23.8 Å². The van der Waals surface area contributed by atoms with Gasteiger partial charge in [0.25, 0.3) is 5.91 Å². The summed E-state index contributed by atoms with van der Waals surface area (Å²) in [6.45, 7) is 2.31. The normalized spacial score (nSPS) is 27.7. The molecule has 0 saturated carbocycles. The fourth-order valence-electron chi connectivity index (χ4n) is 3.44. The first kappa shape index (κ1) is 14.8. The van der Waals surface area contributed by atoms with Crippen LogP contribution in [0.4, 0.5) is 0 Å². The first-order valence-electron chi connectivity index (χ1n) is 7.77. The first-order chi connectivity index (χ1) is 11.3. The minimum atomic E-state index is -0.239. The molecule has 0 aliphatic carbocycles. The zero-order valence-corrected chi connectivity index (χ0v) is 13.4. The van der Waals surface area contributed by atoms with Gasteiger partial charge in [0.05, 0.1) is 24.9 Å². The van der Waals surface area contributed by atoms with Gasteiger partial charge in [0, 0.05) is 36.8 Å². The molecule has 4 rings (SSSR count). The average Bonchev–Trinajstić information content (AvgIpc) is 3.30. The number of hydrogen-bond donors (Lipinski definition) is 1. The van der Waals surface area contributed by atoms with Gasteiger partial charge in [-0.15, -0.1) is 11.3 Å². The van der Waals surface area contributed by atoms with Crippen molar-refractivity contribution in [1.82, 2.24) is 20.4 Å². The lowest BCUT2D eigenvalue weighted by Crippen LogP contribution is -2.47. The predicted octanol–water partition coefficient (Wildman–Crippen LogP) is 1.29. The zero-order valence-electron chi connectivity index (χ0n) is 12.6. The van der Waals surface area contributed by atoms with Crippen LogP contribution >= 0.6 is 11.3 Å². The molecule has 23 heavy (non-hydrogen) atoms. The van der Waals surface area contributed by atoms with Gasteiger partial charge in [-0.05, 0) is 12.8 Å². The highest BCUT2D eigenvalue weighted by Gasteiger charge is 2.44. The quantitative estimate of drug-likeness (QED) is 0.907. The van der Waals surface area contributed by atoms with Crippen molar-refractivity contribution in [3.8, 4) is 0 Å². The van der Waals surface area contributed by atoms with E-state index < -0.39 is 0 Å². The van der Waals surface area contributed by atoms with Gasteiger partial charge in [-0.25, -0.2) is 4.98 Å². The number of aromatic nitrogens is 2. The van der Waals surface area contributed by atoms with Crippen LogP contribution in [0.3, 0.4) is 0 Å². The Morgan fingerprint density at radius 3 is 3.22 bits per heavy atom. The fraction of sp³-hybridized carbons (Fsp3) is 0.533. The van der Waals surface area contributed by atoms with Gasteiger partial charge in [0.2, 0.25) is 5.76 Å². The Bertz CT molecular complexity index is 646. The number of carbonyl (C=O) groups is 1. The van der Waals surface area contributed by atoms with Gasteiger partial charge in [-0.2, -0.15) is 0 Å². The maximum Gasteiger partial charge on any atom is 0.290 e. The fourth-order valence-corrected chi connectivity index (χ4v) is 4.08. The van der Waals surface area contributed by atoms with Crippen molar-refractivity contribution >= 4 is 17.2 Å². The van der Waals surface area contributed by atoms with Crippen LogP contribution in [0.1, 0.15) is 28.4 Å². The Morgan fingerprint density at radius 2 is 2.43 bits per heavy atom. The van der Waals surface area contributed by atoms with Gasteiger partial charge in [-0.3, -0.25) is 9.69 Å². The lowest BCUT2D eigenvalue weighted by molar-refractivity contribution is -0.0212. The average molecular weight is 334 g/mol. The van der Waals surface area contributed by atoms with E-state index in [1.807, 2.05) is 11.6 Å². The van der Waals surface area contributed by atoms with Crippen molar-refractivity contribution in [2.75, 3.05) is 13.2 Å². The Morgan fingerprint density at radius 1 is 1.48 bits per heavy atom. The third-order valence-electron chi connectivity index (χ3n) is 4.43. The number of rotatable bonds is 4. The third kappa shape index (κ3) is 3.01. The molecule has 1 N–H and O–H groups in total. The summed E-state index contributed by atoms with van der Waals surface area (Å²) < 4.78 is 10.9. The molecule has 2 saturated heterocycles. The molecule has 4 heterocycles. The highest BCUT2D eigenvalue weighted by molar-refractivity contribution is 7.09. The minimum absolute atomic E-state index is 0.0237. The van der Waals surface area contributed by atoms with E-state index >= 15 is 0 Å². The molecule has 122 valence electrons. The number of amides is 1. The highest BCUT2D eigenvalue weighted by atomic mass is 32.1. The van der Waals surface area contributed by atoms with Crippen LogP contribution in [0.2, 0.25) is 0 Å². The molecular formula is C15H18N4O3S. The predicted molar refractivity (Wildman–Crippen MR) is 83.0 cm³/mol. The molecule has 2 aromatic heterocycles. The molecule has 0 bridgehead atoms. The standard InChI is InChI=1S/C15H18N4O3S/c20-15(12-3-4-17-22-12)18-10-8-19(9-13-16-5-7-23-13)11-2-1-6-21-14(10)11/h3-5,7,10-11,14H,1-2,6,8-9H2,(H,18,20)/t10-,11+,14+/m0/s1. The summed E-state index contributed by atoms with van der Waals surface area (Å²) in [6.07, 6.45) is 5.46. The summed E-state index contributed by atoms with van der Waals surface area (Å²) in [5.74, 6) is -0.00717. The van der Waals surface area contributed by atoms with Crippen molar-refractivity contribution < 1.29 is 14.1 Å². The van der Waals surface area contributed by atoms with Crippen LogP contribution in [0.25, 0.3) is 0 Å². The second-order valence-electron chi connectivity index (χ2n) is 5.86. The second kappa shape index (κ2) is 6.38. The maximum atomic E-state index is 12.2. The molecule has 1 amide bonds. The van der Waals surface area contributed by atoms with E-state index in [2.05, 4.69) is 20.4 Å². The second-order valence-corrected chi connectivity index (χ2v) is 6.84. The van der Waals surface area contributed by atoms with Crippen molar-refractivity contribution in [1.29, 1.82) is 0 Å². The van der Waals surface area contributed by atoms with Crippen molar-refractivity contribution in [3.05, 3.63) is 34.6 Å². The Balaban J connectivity index is 1.47. The van der Waals surface area contributed by atoms with E-state index in [9.17, 15) is 4.79 Å². The highest BCUT2D eigenvalue weighted by Crippen LogP contribution is 2.30. The first-order valence-corrected chi connectivity index (χ1v) is 8.65. The van der Waals surface area contributed by atoms with E-state index in [0.717, 1.165) is 37.5 Å². The maximum absolute atomic E-state index is 12.2. The van der Waals surface area contributed by atoms with E-state index in [1.54, 1.807) is 17.4 Å². The number of hydrogen-bond acceptors (Lipinski definition) is 7. The molecule has 0 aromatic carbocycles. The summed E-state index contributed by atoms with van der Waals surface area (Å²) in [5, 5.41) is 9.70. The lowest BCUT2D eigenvalue weighted by Gasteiger charge is -2.32. The van der Waals surface area contributed by atoms with E-state index in [0.29, 0.717) is 6.04 Å². The van der Waals surface area contributed by atoms with Crippen LogP contribution in [0.5, 0.6) is 0 Å². The molecule has 3 atom stereocenters. The number of nitrogens with one attached hydrogen (secondary N) is 1. The summed E-state index contributed by atoms with van der Waals surface area (Å²) in [4.78, 5) is 19.0. The molecule has 0 unspecified atom stereocenters. The van der Waals surface area contributed by atoms with Crippen LogP contribution in [-0.4, -0.2) is 52.3 Å². The van der Waals surface area contributed by atoms with Crippen LogP contribution < -0.4 is 5.32 Å². The number of likely N-dealkylation sites (tertiary alicyclic amines) is 1. The van der Waals surface area contributed by atoms with Gasteiger partial charge >= 0.3 is 0 Å². The number of fused-ring (bicyclic) bond motifs is 1. The molecule has 2 aromatic rings. The summed E-state index contributed by atoms with van der Waals surface area (Å²) in [5.41, 5.74) is 0. The molecule has 8 heteroatoms. The Hall–Kier alpha value is -1.77. The zero-order chi connectivity index (χ0) is 15.6. The van der Waals surface area contributed by atoms with E-state index in [4.69, 9.17) is 9.26 Å². The van der Waals surface area contributed by atoms with Crippen molar-refractivity contribution in [2.24, 2.45) is 0 Å². The van der Waals surface area contributed by atoms with Crippen LogP contribution in [0, 0.1) is 0 Å². The third-order valence-corrected chi connectivity index (χ3v) is 5.19. The molecule has 2 aliphatic heterocycles. The van der Waals surface area contributed by atoms with Crippen molar-refractivity contribution in [3.63, 3.8) is 0 Å². The Kier molecular flexibility index (Phi) is 4.11. The smallest absolute Gasteiger partial charge is 0.290 e. The number of nitrogens with zero attached hydrogens (tertiary/aromatic N) is 3. The minimum Gasteiger partial charge on any atom is -0.374 e. The van der Waals surface area contributed by atoms with Crippen LogP contribution in [0.15, 0.2) is 28.4 Å². The monoisotopic (exact) mass is 334 g/mol. The molecule has 7 nitrogen and oxygen atoms in total. The van der Waals surface area contributed by atoms with Gasteiger partial charge in [-0.1, -0.05) is 5.16 Å². The number of ether oxygens (including phenoxy) is 1.